The molecule has 11 heteroatoms. The Morgan fingerprint density at radius 3 is 2.18 bits per heavy atom. The van der Waals surface area contributed by atoms with E-state index in [2.05, 4.69) is 5.32 Å². The number of nitrogens with one attached hydrogen (secondary N) is 1. The summed E-state index contributed by atoms with van der Waals surface area (Å²) in [5, 5.41) is 2.68. The van der Waals surface area contributed by atoms with Gasteiger partial charge in [-0.2, -0.15) is 8.61 Å². The molecular weight excluding hydrogens is 466 g/mol. The van der Waals surface area contributed by atoms with Crippen molar-refractivity contribution in [2.24, 2.45) is 0 Å². The van der Waals surface area contributed by atoms with E-state index in [1.165, 1.54) is 65.2 Å². The molecule has 2 aromatic rings. The first kappa shape index (κ1) is 25.2. The lowest BCUT2D eigenvalue weighted by molar-refractivity contribution is 0.102. The standard InChI is InChI=1S/C22H29N3O6S2/c1-16(2)24(3)32(27,28)19-10-8-18(9-11-19)23-22(26)17-7-12-20(31-4)21(15-17)33(29,30)25-13-5-6-14-25/h7-12,15-16H,5-6,13-14H2,1-4H3,(H,23,26). The number of methoxy groups -OCH3 is 1. The van der Waals surface area contributed by atoms with E-state index in [1.807, 2.05) is 0 Å². The number of carbonyl (C=O) groups excluding carboxylic acids is 1. The highest BCUT2D eigenvalue weighted by atomic mass is 32.2. The van der Waals surface area contributed by atoms with E-state index in [0.29, 0.717) is 18.8 Å². The molecule has 1 fully saturated rings. The van der Waals surface area contributed by atoms with Crippen LogP contribution in [0.1, 0.15) is 37.0 Å². The Labute approximate surface area is 195 Å². The Hall–Kier alpha value is -2.47. The fraction of sp³-hybridized carbons (Fsp3) is 0.409. The van der Waals surface area contributed by atoms with E-state index in [0.717, 1.165) is 12.8 Å². The Bertz CT molecular complexity index is 1220. The lowest BCUT2D eigenvalue weighted by Gasteiger charge is -2.21. The van der Waals surface area contributed by atoms with Crippen molar-refractivity contribution < 1.29 is 26.4 Å². The van der Waals surface area contributed by atoms with Crippen LogP contribution < -0.4 is 10.1 Å². The number of benzene rings is 2. The molecule has 1 amide bonds. The molecule has 1 N–H and O–H groups in total. The Morgan fingerprint density at radius 1 is 1.03 bits per heavy atom. The molecule has 1 saturated heterocycles. The summed E-state index contributed by atoms with van der Waals surface area (Å²) in [6.07, 6.45) is 1.58. The fourth-order valence-electron chi connectivity index (χ4n) is 3.44. The fourth-order valence-corrected chi connectivity index (χ4v) is 6.51. The average Bonchev–Trinajstić information content (AvgIpc) is 3.34. The molecule has 1 aliphatic rings. The largest absolute Gasteiger partial charge is 0.495 e. The minimum atomic E-state index is -3.79. The summed E-state index contributed by atoms with van der Waals surface area (Å²) in [5.74, 6) is -0.354. The molecule has 0 atom stereocenters. The average molecular weight is 496 g/mol. The van der Waals surface area contributed by atoms with E-state index >= 15 is 0 Å². The number of ether oxygens (including phenoxy) is 1. The van der Waals surface area contributed by atoms with Gasteiger partial charge in [-0.15, -0.1) is 0 Å². The van der Waals surface area contributed by atoms with Gasteiger partial charge in [0.25, 0.3) is 5.91 Å². The molecule has 33 heavy (non-hydrogen) atoms. The molecule has 0 aliphatic carbocycles. The first-order valence-corrected chi connectivity index (χ1v) is 13.4. The van der Waals surface area contributed by atoms with Gasteiger partial charge in [0.15, 0.2) is 0 Å². The number of anilines is 1. The van der Waals surface area contributed by atoms with Crippen molar-refractivity contribution in [1.82, 2.24) is 8.61 Å². The van der Waals surface area contributed by atoms with Gasteiger partial charge in [-0.3, -0.25) is 4.79 Å². The SMILES string of the molecule is COc1ccc(C(=O)Nc2ccc(S(=O)(=O)N(C)C(C)C)cc2)cc1S(=O)(=O)N1CCCC1. The topological polar surface area (TPSA) is 113 Å². The van der Waals surface area contributed by atoms with E-state index in [4.69, 9.17) is 4.74 Å². The molecule has 1 aliphatic heterocycles. The minimum absolute atomic E-state index is 0.0577. The number of nitrogens with zero attached hydrogens (tertiary/aromatic N) is 2. The second kappa shape index (κ2) is 9.80. The summed E-state index contributed by atoms with van der Waals surface area (Å²) in [7, 11) is -4.54. The van der Waals surface area contributed by atoms with Crippen LogP contribution in [0.3, 0.4) is 0 Å². The molecule has 180 valence electrons. The van der Waals surface area contributed by atoms with Crippen LogP contribution in [-0.2, 0) is 20.0 Å². The molecular formula is C22H29N3O6S2. The van der Waals surface area contributed by atoms with Gasteiger partial charge in [0, 0.05) is 37.4 Å². The Balaban J connectivity index is 1.83. The van der Waals surface area contributed by atoms with Crippen molar-refractivity contribution in [2.45, 2.75) is 42.5 Å². The number of rotatable bonds is 8. The number of carbonyl (C=O) groups is 1. The summed E-state index contributed by atoms with van der Waals surface area (Å²) in [5.41, 5.74) is 0.524. The van der Waals surface area contributed by atoms with Crippen LogP contribution in [0.2, 0.25) is 0 Å². The first-order chi connectivity index (χ1) is 15.5. The summed E-state index contributed by atoms with van der Waals surface area (Å²) in [6.45, 7) is 4.42. The lowest BCUT2D eigenvalue weighted by atomic mass is 10.2. The lowest BCUT2D eigenvalue weighted by Crippen LogP contribution is -2.33. The molecule has 0 bridgehead atoms. The summed E-state index contributed by atoms with van der Waals surface area (Å²) < 4.78 is 59.1. The molecule has 0 radical (unpaired) electrons. The van der Waals surface area contributed by atoms with E-state index in [9.17, 15) is 21.6 Å². The third-order valence-corrected chi connectivity index (χ3v) is 9.59. The third kappa shape index (κ3) is 5.21. The van der Waals surface area contributed by atoms with Crippen LogP contribution in [-0.4, -0.2) is 64.6 Å². The van der Waals surface area contributed by atoms with Crippen molar-refractivity contribution in [1.29, 1.82) is 0 Å². The molecule has 1 heterocycles. The van der Waals surface area contributed by atoms with Gasteiger partial charge in [0.1, 0.15) is 10.6 Å². The van der Waals surface area contributed by atoms with Crippen LogP contribution >= 0.6 is 0 Å². The maximum Gasteiger partial charge on any atom is 0.255 e. The molecule has 3 rings (SSSR count). The van der Waals surface area contributed by atoms with Crippen LogP contribution in [0, 0.1) is 0 Å². The zero-order valence-electron chi connectivity index (χ0n) is 19.1. The maximum absolute atomic E-state index is 13.0. The minimum Gasteiger partial charge on any atom is -0.495 e. The Kier molecular flexibility index (Phi) is 7.47. The monoisotopic (exact) mass is 495 g/mol. The predicted octanol–water partition coefficient (Wildman–Crippen LogP) is 2.76. The summed E-state index contributed by atoms with van der Waals surface area (Å²) >= 11 is 0. The summed E-state index contributed by atoms with van der Waals surface area (Å²) in [6, 6.07) is 9.86. The van der Waals surface area contributed by atoms with Gasteiger partial charge < -0.3 is 10.1 Å². The number of hydrogen-bond donors (Lipinski definition) is 1. The van der Waals surface area contributed by atoms with Crippen LogP contribution in [0.5, 0.6) is 5.75 Å². The Morgan fingerprint density at radius 2 is 1.64 bits per heavy atom. The second-order valence-corrected chi connectivity index (χ2v) is 12.0. The maximum atomic E-state index is 13.0. The smallest absolute Gasteiger partial charge is 0.255 e. The zero-order chi connectivity index (χ0) is 24.4. The van der Waals surface area contributed by atoms with Gasteiger partial charge in [0.2, 0.25) is 20.0 Å². The molecule has 0 saturated carbocycles. The van der Waals surface area contributed by atoms with Crippen molar-refractivity contribution in [3.63, 3.8) is 0 Å². The van der Waals surface area contributed by atoms with Crippen molar-refractivity contribution >= 4 is 31.6 Å². The third-order valence-electron chi connectivity index (χ3n) is 5.63. The number of sulfonamides is 2. The van der Waals surface area contributed by atoms with Crippen LogP contribution in [0.25, 0.3) is 0 Å². The summed E-state index contributed by atoms with van der Waals surface area (Å²) in [4.78, 5) is 12.9. The quantitative estimate of drug-likeness (QED) is 0.603. The first-order valence-electron chi connectivity index (χ1n) is 10.6. The molecule has 0 spiro atoms. The van der Waals surface area contributed by atoms with E-state index in [1.54, 1.807) is 13.8 Å². The molecule has 0 unspecified atom stereocenters. The van der Waals surface area contributed by atoms with Crippen molar-refractivity contribution in [3.8, 4) is 5.75 Å². The van der Waals surface area contributed by atoms with E-state index < -0.39 is 26.0 Å². The zero-order valence-corrected chi connectivity index (χ0v) is 20.7. The number of amides is 1. The highest BCUT2D eigenvalue weighted by Gasteiger charge is 2.31. The van der Waals surface area contributed by atoms with E-state index in [-0.39, 0.29) is 27.1 Å². The van der Waals surface area contributed by atoms with Crippen molar-refractivity contribution in [2.75, 3.05) is 32.6 Å². The predicted molar refractivity (Wildman–Crippen MR) is 125 cm³/mol. The molecule has 9 nitrogen and oxygen atoms in total. The van der Waals surface area contributed by atoms with Gasteiger partial charge >= 0.3 is 0 Å². The van der Waals surface area contributed by atoms with Crippen LogP contribution in [0.15, 0.2) is 52.3 Å². The number of hydrogen-bond acceptors (Lipinski definition) is 6. The van der Waals surface area contributed by atoms with Gasteiger partial charge in [-0.05, 0) is 69.2 Å². The van der Waals surface area contributed by atoms with Crippen LogP contribution in [0.4, 0.5) is 5.69 Å². The second-order valence-electron chi connectivity index (χ2n) is 8.07. The normalized spacial score (nSPS) is 15.2. The highest BCUT2D eigenvalue weighted by molar-refractivity contribution is 7.89. The van der Waals surface area contributed by atoms with Crippen molar-refractivity contribution in [3.05, 3.63) is 48.0 Å². The highest BCUT2D eigenvalue weighted by Crippen LogP contribution is 2.30. The van der Waals surface area contributed by atoms with Gasteiger partial charge in [0.05, 0.1) is 12.0 Å². The van der Waals surface area contributed by atoms with Gasteiger partial charge in [-0.1, -0.05) is 0 Å². The van der Waals surface area contributed by atoms with Gasteiger partial charge in [-0.25, -0.2) is 16.8 Å². The molecule has 0 aromatic heterocycles. The molecule has 2 aromatic carbocycles.